The number of anilines is 1. The molecule has 0 atom stereocenters. The van der Waals surface area contributed by atoms with E-state index in [1.807, 2.05) is 48.5 Å². The van der Waals surface area contributed by atoms with Crippen molar-refractivity contribution in [1.29, 1.82) is 0 Å². The number of hydrogen-bond acceptors (Lipinski definition) is 7. The van der Waals surface area contributed by atoms with E-state index < -0.39 is 28.5 Å². The summed E-state index contributed by atoms with van der Waals surface area (Å²) in [5.74, 6) is -1.40. The zero-order valence-corrected chi connectivity index (χ0v) is 21.2. The Labute approximate surface area is 216 Å². The number of fused-ring (bicyclic) bond motifs is 2. The van der Waals surface area contributed by atoms with Crippen LogP contribution in [0.25, 0.3) is 10.2 Å². The molecule has 0 fully saturated rings. The van der Waals surface area contributed by atoms with Crippen molar-refractivity contribution in [2.75, 3.05) is 18.5 Å². The predicted octanol–water partition coefficient (Wildman–Crippen LogP) is 4.49. The highest BCUT2D eigenvalue weighted by atomic mass is 35.5. The van der Waals surface area contributed by atoms with Gasteiger partial charge in [-0.2, -0.15) is 4.31 Å². The molecule has 1 aromatic heterocycles. The van der Waals surface area contributed by atoms with Crippen LogP contribution in [0.3, 0.4) is 0 Å². The van der Waals surface area contributed by atoms with Crippen LogP contribution in [0.1, 0.15) is 21.5 Å². The molecule has 8 nitrogen and oxygen atoms in total. The molecule has 11 heteroatoms. The highest BCUT2D eigenvalue weighted by Gasteiger charge is 2.30. The topological polar surface area (TPSA) is 106 Å². The van der Waals surface area contributed by atoms with Gasteiger partial charge in [0.2, 0.25) is 10.0 Å². The maximum Gasteiger partial charge on any atom is 0.338 e. The largest absolute Gasteiger partial charge is 0.452 e. The summed E-state index contributed by atoms with van der Waals surface area (Å²) in [5, 5.41) is 2.99. The summed E-state index contributed by atoms with van der Waals surface area (Å²) >= 11 is 7.53. The summed E-state index contributed by atoms with van der Waals surface area (Å²) in [7, 11) is -3.97. The number of rotatable bonds is 6. The van der Waals surface area contributed by atoms with Crippen molar-refractivity contribution in [3.05, 3.63) is 88.4 Å². The number of nitrogens with zero attached hydrogens (tertiary/aromatic N) is 2. The van der Waals surface area contributed by atoms with E-state index in [9.17, 15) is 18.0 Å². The second-order valence-corrected chi connectivity index (χ2v) is 11.5. The number of amides is 1. The SMILES string of the molecule is O=C(COC(=O)c1ccc(Cl)c(S(=O)(=O)N2CCc3ccccc3C2)c1)Nc1nc2ccccc2s1. The standard InChI is InChI=1S/C25H20ClN3O5S2/c26-19-10-9-17(13-22(19)36(32,33)29-12-11-16-5-1-2-6-18(16)14-29)24(31)34-15-23(30)28-25-27-20-7-3-4-8-21(20)35-25/h1-10,13H,11-12,14-15H2,(H,27,28,30). The van der Waals surface area contributed by atoms with Crippen LogP contribution in [-0.4, -0.2) is 42.7 Å². The summed E-state index contributed by atoms with van der Waals surface area (Å²) in [5.41, 5.74) is 2.76. The van der Waals surface area contributed by atoms with Gasteiger partial charge in [-0.15, -0.1) is 0 Å². The third-order valence-corrected chi connectivity index (χ3v) is 9.03. The number of benzene rings is 3. The lowest BCUT2D eigenvalue weighted by molar-refractivity contribution is -0.119. The van der Waals surface area contributed by atoms with Crippen molar-refractivity contribution in [1.82, 2.24) is 9.29 Å². The van der Waals surface area contributed by atoms with E-state index in [0.29, 0.717) is 18.1 Å². The Hall–Kier alpha value is -3.31. The van der Waals surface area contributed by atoms with Gasteiger partial charge in [0, 0.05) is 13.1 Å². The Morgan fingerprint density at radius 1 is 1.06 bits per heavy atom. The van der Waals surface area contributed by atoms with Gasteiger partial charge in [-0.3, -0.25) is 10.1 Å². The van der Waals surface area contributed by atoms with Crippen LogP contribution in [0, 0.1) is 0 Å². The number of halogens is 1. The molecule has 3 aromatic carbocycles. The van der Waals surface area contributed by atoms with E-state index in [1.165, 1.54) is 33.8 Å². The number of aromatic nitrogens is 1. The Kier molecular flexibility index (Phi) is 6.76. The van der Waals surface area contributed by atoms with E-state index in [0.717, 1.165) is 21.3 Å². The molecule has 2 heterocycles. The molecule has 1 N–H and O–H groups in total. The first-order chi connectivity index (χ1) is 17.3. The maximum atomic E-state index is 13.4. The smallest absolute Gasteiger partial charge is 0.338 e. The van der Waals surface area contributed by atoms with Crippen LogP contribution in [0.2, 0.25) is 5.02 Å². The first-order valence-corrected chi connectivity index (χ1v) is 13.6. The van der Waals surface area contributed by atoms with Gasteiger partial charge in [0.1, 0.15) is 4.90 Å². The molecule has 5 rings (SSSR count). The predicted molar refractivity (Wildman–Crippen MR) is 138 cm³/mol. The number of esters is 1. The highest BCUT2D eigenvalue weighted by molar-refractivity contribution is 7.89. The summed E-state index contributed by atoms with van der Waals surface area (Å²) in [6.45, 7) is -0.0336. The molecule has 0 bridgehead atoms. The number of nitrogens with one attached hydrogen (secondary N) is 1. The van der Waals surface area contributed by atoms with Crippen LogP contribution in [0.15, 0.2) is 71.6 Å². The average Bonchev–Trinajstić information content (AvgIpc) is 3.29. The minimum atomic E-state index is -3.97. The number of ether oxygens (including phenoxy) is 1. The van der Waals surface area contributed by atoms with Crippen molar-refractivity contribution in [2.45, 2.75) is 17.9 Å². The quantitative estimate of drug-likeness (QED) is 0.360. The van der Waals surface area contributed by atoms with E-state index in [2.05, 4.69) is 10.3 Å². The van der Waals surface area contributed by atoms with E-state index in [4.69, 9.17) is 16.3 Å². The number of hydrogen-bond donors (Lipinski definition) is 1. The molecular weight excluding hydrogens is 522 g/mol. The second kappa shape index (κ2) is 9.98. The number of para-hydroxylation sites is 1. The van der Waals surface area contributed by atoms with Crippen molar-refractivity contribution < 1.29 is 22.7 Å². The van der Waals surface area contributed by atoms with Crippen molar-refractivity contribution in [3.8, 4) is 0 Å². The molecule has 36 heavy (non-hydrogen) atoms. The minimum Gasteiger partial charge on any atom is -0.452 e. The van der Waals surface area contributed by atoms with Gasteiger partial charge in [0.15, 0.2) is 11.7 Å². The molecule has 1 aliphatic heterocycles. The molecule has 4 aromatic rings. The van der Waals surface area contributed by atoms with Gasteiger partial charge in [-0.05, 0) is 47.9 Å². The van der Waals surface area contributed by atoms with Crippen LogP contribution in [0.4, 0.5) is 5.13 Å². The van der Waals surface area contributed by atoms with E-state index in [1.54, 1.807) is 0 Å². The average molecular weight is 542 g/mol. The fraction of sp³-hybridized carbons (Fsp3) is 0.160. The number of carbonyl (C=O) groups is 2. The Morgan fingerprint density at radius 2 is 1.81 bits per heavy atom. The zero-order valence-electron chi connectivity index (χ0n) is 18.8. The second-order valence-electron chi connectivity index (χ2n) is 8.11. The van der Waals surface area contributed by atoms with Crippen LogP contribution in [-0.2, 0) is 32.5 Å². The van der Waals surface area contributed by atoms with Crippen LogP contribution in [0.5, 0.6) is 0 Å². The fourth-order valence-corrected chi connectivity index (χ4v) is 6.74. The van der Waals surface area contributed by atoms with E-state index >= 15 is 0 Å². The van der Waals surface area contributed by atoms with Gasteiger partial charge in [-0.1, -0.05) is 59.3 Å². The van der Waals surface area contributed by atoms with Crippen molar-refractivity contribution >= 4 is 60.2 Å². The monoisotopic (exact) mass is 541 g/mol. The molecule has 0 spiro atoms. The van der Waals surface area contributed by atoms with Gasteiger partial charge in [0.05, 0.1) is 20.8 Å². The Morgan fingerprint density at radius 3 is 2.61 bits per heavy atom. The first-order valence-electron chi connectivity index (χ1n) is 11.0. The number of sulfonamides is 1. The highest BCUT2D eigenvalue weighted by Crippen LogP contribution is 2.30. The first kappa shape index (κ1) is 24.4. The Balaban J connectivity index is 1.26. The maximum absolute atomic E-state index is 13.4. The van der Waals surface area contributed by atoms with Crippen molar-refractivity contribution in [3.63, 3.8) is 0 Å². The van der Waals surface area contributed by atoms with Gasteiger partial charge < -0.3 is 4.74 Å². The number of carbonyl (C=O) groups excluding carboxylic acids is 2. The zero-order chi connectivity index (χ0) is 25.3. The van der Waals surface area contributed by atoms with Gasteiger partial charge >= 0.3 is 5.97 Å². The van der Waals surface area contributed by atoms with E-state index in [-0.39, 0.29) is 22.0 Å². The molecule has 0 unspecified atom stereocenters. The summed E-state index contributed by atoms with van der Waals surface area (Å²) in [4.78, 5) is 29.0. The molecule has 184 valence electrons. The summed E-state index contributed by atoms with van der Waals surface area (Å²) < 4.78 is 34.1. The Bertz CT molecular complexity index is 1550. The van der Waals surface area contributed by atoms with Crippen LogP contribution < -0.4 is 5.32 Å². The molecular formula is C25H20ClN3O5S2. The molecule has 1 amide bonds. The number of thiazole rings is 1. The fourth-order valence-electron chi connectivity index (χ4n) is 3.94. The third kappa shape index (κ3) is 4.98. The summed E-state index contributed by atoms with van der Waals surface area (Å²) in [6, 6.07) is 19.0. The van der Waals surface area contributed by atoms with Gasteiger partial charge in [0.25, 0.3) is 5.91 Å². The molecule has 0 radical (unpaired) electrons. The van der Waals surface area contributed by atoms with Crippen molar-refractivity contribution in [2.24, 2.45) is 0 Å². The molecule has 0 aliphatic carbocycles. The van der Waals surface area contributed by atoms with Crippen LogP contribution >= 0.6 is 22.9 Å². The third-order valence-electron chi connectivity index (χ3n) is 5.75. The lowest BCUT2D eigenvalue weighted by Gasteiger charge is -2.28. The molecule has 0 saturated heterocycles. The summed E-state index contributed by atoms with van der Waals surface area (Å²) in [6.07, 6.45) is 0.582. The molecule has 0 saturated carbocycles. The normalized spacial score (nSPS) is 13.8. The molecule has 1 aliphatic rings. The minimum absolute atomic E-state index is 0.000937. The van der Waals surface area contributed by atoms with Gasteiger partial charge in [-0.25, -0.2) is 18.2 Å². The lowest BCUT2D eigenvalue weighted by Crippen LogP contribution is -2.36. The lowest BCUT2D eigenvalue weighted by atomic mass is 10.0.